The van der Waals surface area contributed by atoms with Crippen LogP contribution >= 0.6 is 0 Å². The molecule has 4 nitrogen and oxygen atoms in total. The lowest BCUT2D eigenvalue weighted by atomic mass is 10.0. The molecule has 20 heavy (non-hydrogen) atoms. The van der Waals surface area contributed by atoms with Gasteiger partial charge in [-0.1, -0.05) is 6.42 Å². The van der Waals surface area contributed by atoms with Crippen molar-refractivity contribution in [3.05, 3.63) is 42.5 Å². The fourth-order valence-corrected chi connectivity index (χ4v) is 2.72. The monoisotopic (exact) mass is 268 g/mol. The van der Waals surface area contributed by atoms with Crippen molar-refractivity contribution in [2.45, 2.75) is 38.8 Å². The molecule has 2 aromatic heterocycles. The minimum atomic E-state index is 0.656. The van der Waals surface area contributed by atoms with E-state index in [0.29, 0.717) is 6.04 Å². The van der Waals surface area contributed by atoms with Crippen LogP contribution in [0.3, 0.4) is 0 Å². The Kier molecular flexibility index (Phi) is 4.02. The minimum Gasteiger partial charge on any atom is -0.295 e. The summed E-state index contributed by atoms with van der Waals surface area (Å²) < 4.78 is 0. The lowest BCUT2D eigenvalue weighted by Gasteiger charge is -2.32. The maximum Gasteiger partial charge on any atom is 0.159 e. The maximum absolute atomic E-state index is 4.69. The predicted molar refractivity (Wildman–Crippen MR) is 79.0 cm³/mol. The highest BCUT2D eigenvalue weighted by molar-refractivity contribution is 5.53. The van der Waals surface area contributed by atoms with Gasteiger partial charge >= 0.3 is 0 Å². The summed E-state index contributed by atoms with van der Waals surface area (Å²) >= 11 is 0. The van der Waals surface area contributed by atoms with Gasteiger partial charge in [0, 0.05) is 36.7 Å². The van der Waals surface area contributed by atoms with Crippen LogP contribution in [0, 0.1) is 0 Å². The summed E-state index contributed by atoms with van der Waals surface area (Å²) in [5, 5.41) is 0. The number of pyridine rings is 1. The Hall–Kier alpha value is -1.81. The average molecular weight is 268 g/mol. The van der Waals surface area contributed by atoms with Crippen LogP contribution in [0.25, 0.3) is 11.4 Å². The van der Waals surface area contributed by atoms with Gasteiger partial charge in [-0.2, -0.15) is 0 Å². The van der Waals surface area contributed by atoms with Crippen molar-refractivity contribution in [3.63, 3.8) is 0 Å². The number of piperidine rings is 1. The fraction of sp³-hybridized carbons (Fsp3) is 0.438. The number of nitrogens with zero attached hydrogens (tertiary/aromatic N) is 4. The third kappa shape index (κ3) is 3.02. The molecule has 1 aliphatic heterocycles. The molecule has 2 aromatic rings. The smallest absolute Gasteiger partial charge is 0.159 e. The Morgan fingerprint density at radius 3 is 2.80 bits per heavy atom. The summed E-state index contributed by atoms with van der Waals surface area (Å²) in [5.41, 5.74) is 2.12. The predicted octanol–water partition coefficient (Wildman–Crippen LogP) is 2.91. The third-order valence-electron chi connectivity index (χ3n) is 3.96. The highest BCUT2D eigenvalue weighted by Gasteiger charge is 2.18. The highest BCUT2D eigenvalue weighted by Crippen LogP contribution is 2.19. The Bertz CT molecular complexity index is 555. The summed E-state index contributed by atoms with van der Waals surface area (Å²) in [4.78, 5) is 15.6. The SMILES string of the molecule is C[C@@H]1CCCCN1Cc1ccnc(-c2ccncc2)n1. The molecule has 4 heteroatoms. The van der Waals surface area contributed by atoms with Gasteiger partial charge < -0.3 is 0 Å². The summed E-state index contributed by atoms with van der Waals surface area (Å²) in [6, 6.07) is 6.57. The Balaban J connectivity index is 1.78. The van der Waals surface area contributed by atoms with E-state index in [1.54, 1.807) is 12.4 Å². The second-order valence-corrected chi connectivity index (χ2v) is 5.42. The van der Waals surface area contributed by atoms with Crippen LogP contribution < -0.4 is 0 Å². The van der Waals surface area contributed by atoms with Gasteiger partial charge in [-0.05, 0) is 44.5 Å². The Morgan fingerprint density at radius 2 is 2.00 bits per heavy atom. The van der Waals surface area contributed by atoms with Crippen LogP contribution in [0.1, 0.15) is 31.9 Å². The first-order valence-electron chi connectivity index (χ1n) is 7.29. The third-order valence-corrected chi connectivity index (χ3v) is 3.96. The van der Waals surface area contributed by atoms with Crippen molar-refractivity contribution in [2.24, 2.45) is 0 Å². The Morgan fingerprint density at radius 1 is 1.15 bits per heavy atom. The molecule has 0 aliphatic carbocycles. The van der Waals surface area contributed by atoms with Gasteiger partial charge in [0.05, 0.1) is 5.69 Å². The number of likely N-dealkylation sites (tertiary alicyclic amines) is 1. The van der Waals surface area contributed by atoms with Crippen molar-refractivity contribution in [3.8, 4) is 11.4 Å². The quantitative estimate of drug-likeness (QED) is 0.858. The van der Waals surface area contributed by atoms with E-state index in [0.717, 1.165) is 23.6 Å². The van der Waals surface area contributed by atoms with Crippen LogP contribution in [0.15, 0.2) is 36.8 Å². The number of aromatic nitrogens is 3. The summed E-state index contributed by atoms with van der Waals surface area (Å²) in [6.07, 6.45) is 9.35. The van der Waals surface area contributed by atoms with Crippen LogP contribution in [-0.2, 0) is 6.54 Å². The Labute approximate surface area is 119 Å². The normalized spacial score (nSPS) is 19.9. The topological polar surface area (TPSA) is 41.9 Å². The van der Waals surface area contributed by atoms with E-state index < -0.39 is 0 Å². The van der Waals surface area contributed by atoms with Crippen LogP contribution in [0.4, 0.5) is 0 Å². The van der Waals surface area contributed by atoms with Gasteiger partial charge in [0.1, 0.15) is 0 Å². The van der Waals surface area contributed by atoms with Gasteiger partial charge in [0.2, 0.25) is 0 Å². The molecular formula is C16H20N4. The molecule has 1 atom stereocenters. The largest absolute Gasteiger partial charge is 0.295 e. The van der Waals surface area contributed by atoms with Gasteiger partial charge in [0.15, 0.2) is 5.82 Å². The fourth-order valence-electron chi connectivity index (χ4n) is 2.72. The number of hydrogen-bond donors (Lipinski definition) is 0. The molecule has 1 fully saturated rings. The maximum atomic E-state index is 4.69. The van der Waals surface area contributed by atoms with E-state index in [2.05, 4.69) is 21.8 Å². The lowest BCUT2D eigenvalue weighted by Crippen LogP contribution is -2.37. The zero-order valence-electron chi connectivity index (χ0n) is 11.9. The van der Waals surface area contributed by atoms with E-state index in [1.807, 2.05) is 24.4 Å². The average Bonchev–Trinajstić information content (AvgIpc) is 2.51. The minimum absolute atomic E-state index is 0.656. The van der Waals surface area contributed by atoms with E-state index in [4.69, 9.17) is 4.98 Å². The first-order chi connectivity index (χ1) is 9.83. The molecule has 0 radical (unpaired) electrons. The summed E-state index contributed by atoms with van der Waals surface area (Å²) in [6.45, 7) is 4.40. The second-order valence-electron chi connectivity index (χ2n) is 5.42. The first kappa shape index (κ1) is 13.2. The van der Waals surface area contributed by atoms with Gasteiger partial charge in [0.25, 0.3) is 0 Å². The molecule has 0 N–H and O–H groups in total. The molecular weight excluding hydrogens is 248 g/mol. The highest BCUT2D eigenvalue weighted by atomic mass is 15.2. The van der Waals surface area contributed by atoms with Crippen LogP contribution in [0.5, 0.6) is 0 Å². The number of hydrogen-bond acceptors (Lipinski definition) is 4. The molecule has 1 saturated heterocycles. The molecule has 3 rings (SSSR count). The van der Waals surface area contributed by atoms with E-state index in [9.17, 15) is 0 Å². The van der Waals surface area contributed by atoms with Crippen molar-refractivity contribution in [1.82, 2.24) is 19.9 Å². The zero-order chi connectivity index (χ0) is 13.8. The molecule has 1 aliphatic rings. The summed E-state index contributed by atoms with van der Waals surface area (Å²) in [7, 11) is 0. The van der Waals surface area contributed by atoms with Crippen molar-refractivity contribution in [1.29, 1.82) is 0 Å². The second kappa shape index (κ2) is 6.09. The molecule has 104 valence electrons. The first-order valence-corrected chi connectivity index (χ1v) is 7.29. The van der Waals surface area contributed by atoms with Crippen LogP contribution in [0.2, 0.25) is 0 Å². The van der Waals surface area contributed by atoms with Crippen LogP contribution in [-0.4, -0.2) is 32.4 Å². The molecule has 0 bridgehead atoms. The molecule has 0 spiro atoms. The van der Waals surface area contributed by atoms with Gasteiger partial charge in [-0.15, -0.1) is 0 Å². The molecule has 3 heterocycles. The van der Waals surface area contributed by atoms with E-state index in [1.165, 1.54) is 25.8 Å². The molecule has 0 saturated carbocycles. The standard InChI is InChI=1S/C16H20N4/c1-13-4-2-3-11-20(13)12-15-7-10-18-16(19-15)14-5-8-17-9-6-14/h5-10,13H,2-4,11-12H2,1H3/t13-/m1/s1. The summed E-state index contributed by atoms with van der Waals surface area (Å²) in [5.74, 6) is 0.787. The van der Waals surface area contributed by atoms with Gasteiger partial charge in [-0.25, -0.2) is 9.97 Å². The molecule has 0 unspecified atom stereocenters. The van der Waals surface area contributed by atoms with E-state index >= 15 is 0 Å². The van der Waals surface area contributed by atoms with E-state index in [-0.39, 0.29) is 0 Å². The van der Waals surface area contributed by atoms with Crippen molar-refractivity contribution < 1.29 is 0 Å². The van der Waals surface area contributed by atoms with Crippen molar-refractivity contribution >= 4 is 0 Å². The van der Waals surface area contributed by atoms with Crippen molar-refractivity contribution in [2.75, 3.05) is 6.54 Å². The number of rotatable bonds is 3. The van der Waals surface area contributed by atoms with Gasteiger partial charge in [-0.3, -0.25) is 9.88 Å². The molecule has 0 amide bonds. The zero-order valence-corrected chi connectivity index (χ0v) is 11.9. The lowest BCUT2D eigenvalue weighted by molar-refractivity contribution is 0.151. The molecule has 0 aromatic carbocycles.